The fraction of sp³-hybridized carbons (Fsp3) is 0.111. The van der Waals surface area contributed by atoms with Gasteiger partial charge in [-0.05, 0) is 58.7 Å². The van der Waals surface area contributed by atoms with Crippen LogP contribution in [0.1, 0.15) is 5.56 Å². The Labute approximate surface area is 165 Å². The second-order valence-electron chi connectivity index (χ2n) is 6.05. The summed E-state index contributed by atoms with van der Waals surface area (Å²) in [6.07, 6.45) is 0.933. The molecule has 0 atom stereocenters. The fourth-order valence-corrected chi connectivity index (χ4v) is 6.73. The SMILES string of the molecule is Cc1ccc(S(=O)(=O)n2c(Br)cc(-c3ccc(F)cc3)c2S(C)(=O)=O)cc1. The van der Waals surface area contributed by atoms with Crippen molar-refractivity contribution >= 4 is 35.8 Å². The summed E-state index contributed by atoms with van der Waals surface area (Å²) in [6.45, 7) is 1.82. The van der Waals surface area contributed by atoms with E-state index in [1.165, 1.54) is 42.5 Å². The quantitative estimate of drug-likeness (QED) is 0.576. The van der Waals surface area contributed by atoms with Gasteiger partial charge in [0.15, 0.2) is 14.9 Å². The van der Waals surface area contributed by atoms with E-state index in [0.717, 1.165) is 15.8 Å². The first-order valence-corrected chi connectivity index (χ1v) is 11.8. The minimum atomic E-state index is -4.18. The van der Waals surface area contributed by atoms with Crippen molar-refractivity contribution in [1.82, 2.24) is 3.97 Å². The zero-order chi connectivity index (χ0) is 20.0. The molecular weight excluding hydrogens is 457 g/mol. The Kier molecular flexibility index (Phi) is 5.04. The Bertz CT molecular complexity index is 1210. The summed E-state index contributed by atoms with van der Waals surface area (Å²) in [5.74, 6) is -0.481. The van der Waals surface area contributed by atoms with Crippen LogP contribution in [0.3, 0.4) is 0 Å². The molecule has 0 spiro atoms. The fourth-order valence-electron chi connectivity index (χ4n) is 2.67. The van der Waals surface area contributed by atoms with Crippen LogP contribution in [0.4, 0.5) is 4.39 Å². The first-order chi connectivity index (χ1) is 12.5. The predicted molar refractivity (Wildman–Crippen MR) is 104 cm³/mol. The molecule has 0 aliphatic carbocycles. The summed E-state index contributed by atoms with van der Waals surface area (Å²) < 4.78 is 65.3. The van der Waals surface area contributed by atoms with Crippen LogP contribution in [0.5, 0.6) is 0 Å². The first kappa shape index (κ1) is 19.8. The lowest BCUT2D eigenvalue weighted by molar-refractivity contribution is 0.573. The topological polar surface area (TPSA) is 73.2 Å². The third kappa shape index (κ3) is 3.71. The molecule has 27 heavy (non-hydrogen) atoms. The lowest BCUT2D eigenvalue weighted by Crippen LogP contribution is -2.18. The predicted octanol–water partition coefficient (Wildman–Crippen LogP) is 4.01. The summed E-state index contributed by atoms with van der Waals surface area (Å²) in [7, 11) is -8.12. The van der Waals surface area contributed by atoms with E-state index in [2.05, 4.69) is 15.9 Å². The van der Waals surface area contributed by atoms with Crippen molar-refractivity contribution in [1.29, 1.82) is 0 Å². The van der Waals surface area contributed by atoms with Crippen LogP contribution in [0.25, 0.3) is 11.1 Å². The van der Waals surface area contributed by atoms with E-state index in [1.807, 2.05) is 6.92 Å². The van der Waals surface area contributed by atoms with Crippen LogP contribution in [-0.4, -0.2) is 27.1 Å². The maximum Gasteiger partial charge on any atom is 0.269 e. The number of benzene rings is 2. The van der Waals surface area contributed by atoms with E-state index in [4.69, 9.17) is 0 Å². The van der Waals surface area contributed by atoms with E-state index in [0.29, 0.717) is 5.56 Å². The highest BCUT2D eigenvalue weighted by Crippen LogP contribution is 2.36. The lowest BCUT2D eigenvalue weighted by Gasteiger charge is -2.12. The molecule has 0 N–H and O–H groups in total. The number of aryl methyl sites for hydroxylation is 1. The molecule has 0 aliphatic heterocycles. The van der Waals surface area contributed by atoms with Crippen LogP contribution in [0.2, 0.25) is 0 Å². The van der Waals surface area contributed by atoms with E-state index in [9.17, 15) is 21.2 Å². The van der Waals surface area contributed by atoms with Crippen molar-refractivity contribution in [3.8, 4) is 11.1 Å². The molecule has 5 nitrogen and oxygen atoms in total. The van der Waals surface area contributed by atoms with Gasteiger partial charge in [0.05, 0.1) is 4.90 Å². The molecule has 3 aromatic rings. The molecule has 0 radical (unpaired) electrons. The largest absolute Gasteiger partial charge is 0.269 e. The molecule has 9 heteroatoms. The van der Waals surface area contributed by atoms with Gasteiger partial charge >= 0.3 is 0 Å². The van der Waals surface area contributed by atoms with Gasteiger partial charge in [-0.3, -0.25) is 0 Å². The number of hydrogen-bond donors (Lipinski definition) is 0. The molecule has 142 valence electrons. The molecular formula is C18H15BrFNO4S2. The molecule has 1 heterocycles. The number of aromatic nitrogens is 1. The zero-order valence-electron chi connectivity index (χ0n) is 14.3. The molecule has 0 fully saturated rings. The zero-order valence-corrected chi connectivity index (χ0v) is 17.6. The van der Waals surface area contributed by atoms with E-state index in [-0.39, 0.29) is 20.1 Å². The van der Waals surface area contributed by atoms with Crippen LogP contribution in [-0.2, 0) is 19.9 Å². The van der Waals surface area contributed by atoms with Crippen molar-refractivity contribution in [3.05, 3.63) is 70.6 Å². The Morgan fingerprint density at radius 2 is 1.48 bits per heavy atom. The van der Waals surface area contributed by atoms with Crippen LogP contribution in [0, 0.1) is 12.7 Å². The highest BCUT2D eigenvalue weighted by molar-refractivity contribution is 9.10. The molecule has 3 rings (SSSR count). The number of hydrogen-bond acceptors (Lipinski definition) is 4. The molecule has 0 saturated carbocycles. The Morgan fingerprint density at radius 3 is 2.00 bits per heavy atom. The smallest absolute Gasteiger partial charge is 0.222 e. The van der Waals surface area contributed by atoms with Crippen LogP contribution in [0.15, 0.2) is 69.1 Å². The Balaban J connectivity index is 2.34. The van der Waals surface area contributed by atoms with Crippen LogP contribution >= 0.6 is 15.9 Å². The van der Waals surface area contributed by atoms with Gasteiger partial charge in [-0.2, -0.15) is 0 Å². The average molecular weight is 472 g/mol. The summed E-state index contributed by atoms with van der Waals surface area (Å²) >= 11 is 3.17. The second kappa shape index (κ2) is 6.88. The average Bonchev–Trinajstić information content (AvgIpc) is 2.94. The number of sulfone groups is 1. The van der Waals surface area contributed by atoms with Crippen molar-refractivity contribution in [2.24, 2.45) is 0 Å². The minimum Gasteiger partial charge on any atom is -0.222 e. The van der Waals surface area contributed by atoms with Gasteiger partial charge in [-0.1, -0.05) is 29.8 Å². The maximum atomic E-state index is 13.2. The molecule has 1 aromatic heterocycles. The number of halogens is 2. The minimum absolute atomic E-state index is 0.0417. The summed E-state index contributed by atoms with van der Waals surface area (Å²) in [5.41, 5.74) is 1.42. The third-order valence-corrected chi connectivity index (χ3v) is 7.70. The lowest BCUT2D eigenvalue weighted by atomic mass is 10.1. The highest BCUT2D eigenvalue weighted by Gasteiger charge is 2.31. The molecule has 0 saturated heterocycles. The van der Waals surface area contributed by atoms with Gasteiger partial charge in [-0.25, -0.2) is 25.2 Å². The molecule has 0 bridgehead atoms. The standard InChI is InChI=1S/C18H15BrFNO4S2/c1-12-3-9-15(10-4-12)27(24,25)21-17(19)11-16(18(21)26(2,22)23)13-5-7-14(20)8-6-13/h3-11H,1-2H3. The van der Waals surface area contributed by atoms with E-state index < -0.39 is 25.7 Å². The highest BCUT2D eigenvalue weighted by atomic mass is 79.9. The van der Waals surface area contributed by atoms with Gasteiger partial charge in [0, 0.05) is 11.8 Å². The van der Waals surface area contributed by atoms with E-state index >= 15 is 0 Å². The number of nitrogens with zero attached hydrogens (tertiary/aromatic N) is 1. The van der Waals surface area contributed by atoms with Gasteiger partial charge in [0.1, 0.15) is 10.4 Å². The van der Waals surface area contributed by atoms with Crippen molar-refractivity contribution in [2.45, 2.75) is 16.8 Å². The molecule has 2 aromatic carbocycles. The summed E-state index contributed by atoms with van der Waals surface area (Å²) in [4.78, 5) is -0.0417. The van der Waals surface area contributed by atoms with Gasteiger partial charge in [0.2, 0.25) is 0 Å². The van der Waals surface area contributed by atoms with Crippen molar-refractivity contribution < 1.29 is 21.2 Å². The van der Waals surface area contributed by atoms with E-state index in [1.54, 1.807) is 12.1 Å². The van der Waals surface area contributed by atoms with Crippen molar-refractivity contribution in [3.63, 3.8) is 0 Å². The second-order valence-corrected chi connectivity index (χ2v) is 10.6. The molecule has 0 aliphatic rings. The van der Waals surface area contributed by atoms with Crippen LogP contribution < -0.4 is 0 Å². The summed E-state index contributed by atoms with van der Waals surface area (Å²) in [6, 6.07) is 12.7. The normalized spacial score (nSPS) is 12.3. The molecule has 0 amide bonds. The van der Waals surface area contributed by atoms with Gasteiger partial charge in [0.25, 0.3) is 10.0 Å². The monoisotopic (exact) mass is 471 g/mol. The Morgan fingerprint density at radius 1 is 0.926 bits per heavy atom. The third-order valence-electron chi connectivity index (χ3n) is 3.94. The van der Waals surface area contributed by atoms with Crippen molar-refractivity contribution in [2.75, 3.05) is 6.26 Å². The molecule has 0 unspecified atom stereocenters. The summed E-state index contributed by atoms with van der Waals surface area (Å²) in [5, 5.41) is -0.387. The Hall–Kier alpha value is -1.97. The maximum absolute atomic E-state index is 13.2. The van der Waals surface area contributed by atoms with Gasteiger partial charge < -0.3 is 0 Å². The first-order valence-electron chi connectivity index (χ1n) is 7.71. The number of rotatable bonds is 4. The van der Waals surface area contributed by atoms with Gasteiger partial charge in [-0.15, -0.1) is 0 Å².